The molecule has 24 heavy (non-hydrogen) atoms. The van der Waals surface area contributed by atoms with Gasteiger partial charge in [0.1, 0.15) is 0 Å². The highest BCUT2D eigenvalue weighted by molar-refractivity contribution is 6.31. The maximum Gasteiger partial charge on any atom is 0.224 e. The summed E-state index contributed by atoms with van der Waals surface area (Å²) in [5.74, 6) is 2.36. The number of benzene rings is 1. The molecule has 2 fully saturated rings. The summed E-state index contributed by atoms with van der Waals surface area (Å²) < 4.78 is 1.80. The maximum atomic E-state index is 12.3. The molecule has 0 radical (unpaired) electrons. The third-order valence-corrected chi connectivity index (χ3v) is 5.91. The van der Waals surface area contributed by atoms with Gasteiger partial charge in [0.25, 0.3) is 0 Å². The van der Waals surface area contributed by atoms with Gasteiger partial charge in [-0.3, -0.25) is 9.48 Å². The summed E-state index contributed by atoms with van der Waals surface area (Å²) >= 11 is 6.18. The molecule has 4 rings (SSSR count). The van der Waals surface area contributed by atoms with E-state index >= 15 is 0 Å². The molecule has 2 aliphatic carbocycles. The minimum Gasteiger partial charge on any atom is -0.323 e. The standard InChI is InChI=1S/C19H22ClN3O/c20-18-4-2-1-3-15(18)11-23-12-17(10-21-23)22-19(24)9-16-8-13-5-6-14(16)7-13/h1-4,10,12-14,16H,5-9,11H2,(H,22,24). The third-order valence-electron chi connectivity index (χ3n) is 5.54. The van der Waals surface area contributed by atoms with Crippen molar-refractivity contribution in [1.82, 2.24) is 9.78 Å². The highest BCUT2D eigenvalue weighted by Gasteiger charge is 2.40. The van der Waals surface area contributed by atoms with E-state index < -0.39 is 0 Å². The van der Waals surface area contributed by atoms with Gasteiger partial charge in [-0.25, -0.2) is 0 Å². The summed E-state index contributed by atoms with van der Waals surface area (Å²) in [6.07, 6.45) is 9.49. The zero-order valence-electron chi connectivity index (χ0n) is 13.6. The van der Waals surface area contributed by atoms with E-state index in [1.807, 2.05) is 30.5 Å². The molecule has 5 heteroatoms. The fraction of sp³-hybridized carbons (Fsp3) is 0.474. The fourth-order valence-electron chi connectivity index (χ4n) is 4.39. The van der Waals surface area contributed by atoms with Crippen LogP contribution in [0.4, 0.5) is 5.69 Å². The number of nitrogens with one attached hydrogen (secondary N) is 1. The van der Waals surface area contributed by atoms with Crippen molar-refractivity contribution >= 4 is 23.2 Å². The molecular weight excluding hydrogens is 322 g/mol. The van der Waals surface area contributed by atoms with Crippen LogP contribution in [0.15, 0.2) is 36.7 Å². The van der Waals surface area contributed by atoms with Gasteiger partial charge in [0.15, 0.2) is 0 Å². The molecule has 2 aromatic rings. The van der Waals surface area contributed by atoms with Crippen LogP contribution < -0.4 is 5.32 Å². The van der Waals surface area contributed by atoms with Crippen LogP contribution in [-0.4, -0.2) is 15.7 Å². The van der Waals surface area contributed by atoms with Gasteiger partial charge in [-0.15, -0.1) is 0 Å². The number of carbonyl (C=O) groups is 1. The van der Waals surface area contributed by atoms with E-state index in [0.717, 1.165) is 28.1 Å². The molecule has 4 nitrogen and oxygen atoms in total. The summed E-state index contributed by atoms with van der Waals surface area (Å²) in [6, 6.07) is 7.73. The van der Waals surface area contributed by atoms with E-state index in [-0.39, 0.29) is 5.91 Å². The zero-order chi connectivity index (χ0) is 16.5. The maximum absolute atomic E-state index is 12.3. The Morgan fingerprint density at radius 3 is 2.92 bits per heavy atom. The van der Waals surface area contributed by atoms with Crippen LogP contribution >= 0.6 is 11.6 Å². The molecule has 0 aliphatic heterocycles. The van der Waals surface area contributed by atoms with Crippen LogP contribution in [0.2, 0.25) is 5.02 Å². The van der Waals surface area contributed by atoms with Gasteiger partial charge in [0.05, 0.1) is 18.4 Å². The summed E-state index contributed by atoms with van der Waals surface area (Å²) in [5, 5.41) is 8.04. The number of fused-ring (bicyclic) bond motifs is 2. The zero-order valence-corrected chi connectivity index (χ0v) is 14.4. The average molecular weight is 344 g/mol. The van der Waals surface area contributed by atoms with Crippen LogP contribution in [-0.2, 0) is 11.3 Å². The largest absolute Gasteiger partial charge is 0.323 e. The second-order valence-corrected chi connectivity index (χ2v) is 7.61. The molecule has 1 aromatic heterocycles. The first-order valence-electron chi connectivity index (χ1n) is 8.73. The van der Waals surface area contributed by atoms with Crippen LogP contribution in [0.1, 0.15) is 37.7 Å². The molecule has 3 unspecified atom stereocenters. The quantitative estimate of drug-likeness (QED) is 0.877. The first-order valence-corrected chi connectivity index (χ1v) is 9.11. The number of aromatic nitrogens is 2. The minimum atomic E-state index is 0.116. The molecular formula is C19H22ClN3O. The SMILES string of the molecule is O=C(CC1CC2CCC1C2)Nc1cnn(Cc2ccccc2Cl)c1. The average Bonchev–Trinajstić information content (AvgIpc) is 3.27. The molecule has 1 amide bonds. The van der Waals surface area contributed by atoms with Crippen LogP contribution in [0.25, 0.3) is 0 Å². The lowest BCUT2D eigenvalue weighted by Crippen LogP contribution is -2.20. The van der Waals surface area contributed by atoms with Crippen molar-refractivity contribution in [3.8, 4) is 0 Å². The number of rotatable bonds is 5. The van der Waals surface area contributed by atoms with Crippen LogP contribution in [0.3, 0.4) is 0 Å². The topological polar surface area (TPSA) is 46.9 Å². The van der Waals surface area contributed by atoms with Crippen LogP contribution in [0.5, 0.6) is 0 Å². The van der Waals surface area contributed by atoms with Gasteiger partial charge >= 0.3 is 0 Å². The molecule has 2 bridgehead atoms. The van der Waals surface area contributed by atoms with E-state index in [9.17, 15) is 4.79 Å². The summed E-state index contributed by atoms with van der Waals surface area (Å²) in [6.45, 7) is 0.599. The minimum absolute atomic E-state index is 0.116. The number of hydrogen-bond acceptors (Lipinski definition) is 2. The Hall–Kier alpha value is -1.81. The van der Waals surface area contributed by atoms with Gasteiger partial charge < -0.3 is 5.32 Å². The molecule has 126 valence electrons. The lowest BCUT2D eigenvalue weighted by molar-refractivity contribution is -0.117. The van der Waals surface area contributed by atoms with Crippen molar-refractivity contribution in [2.75, 3.05) is 5.32 Å². The Labute approximate surface area is 147 Å². The van der Waals surface area contributed by atoms with Gasteiger partial charge in [-0.1, -0.05) is 36.2 Å². The first-order chi connectivity index (χ1) is 11.7. The number of nitrogens with zero attached hydrogens (tertiary/aromatic N) is 2. The van der Waals surface area contributed by atoms with Gasteiger partial charge in [0.2, 0.25) is 5.91 Å². The predicted molar refractivity (Wildman–Crippen MR) is 95.0 cm³/mol. The molecule has 1 N–H and O–H groups in total. The number of hydrogen-bond donors (Lipinski definition) is 1. The van der Waals surface area contributed by atoms with Crippen molar-refractivity contribution in [2.24, 2.45) is 17.8 Å². The van der Waals surface area contributed by atoms with E-state index in [1.165, 1.54) is 25.7 Å². The number of amides is 1. The van der Waals surface area contributed by atoms with Crippen molar-refractivity contribution in [2.45, 2.75) is 38.6 Å². The molecule has 1 aromatic carbocycles. The van der Waals surface area contributed by atoms with Crippen molar-refractivity contribution in [3.63, 3.8) is 0 Å². The molecule has 2 saturated carbocycles. The second-order valence-electron chi connectivity index (χ2n) is 7.21. The fourth-order valence-corrected chi connectivity index (χ4v) is 4.59. The second kappa shape index (κ2) is 6.60. The molecule has 2 aliphatic rings. The lowest BCUT2D eigenvalue weighted by atomic mass is 9.86. The Balaban J connectivity index is 1.33. The van der Waals surface area contributed by atoms with E-state index in [2.05, 4.69) is 10.4 Å². The smallest absolute Gasteiger partial charge is 0.224 e. The Morgan fingerprint density at radius 2 is 2.17 bits per heavy atom. The number of halogens is 1. The molecule has 0 saturated heterocycles. The van der Waals surface area contributed by atoms with Gasteiger partial charge in [-0.05, 0) is 48.6 Å². The van der Waals surface area contributed by atoms with Crippen molar-refractivity contribution in [3.05, 3.63) is 47.2 Å². The normalized spacial score (nSPS) is 25.1. The highest BCUT2D eigenvalue weighted by Crippen LogP contribution is 2.49. The molecule has 3 atom stereocenters. The Morgan fingerprint density at radius 1 is 1.29 bits per heavy atom. The third kappa shape index (κ3) is 3.34. The summed E-state index contributed by atoms with van der Waals surface area (Å²) in [7, 11) is 0. The molecule has 1 heterocycles. The lowest BCUT2D eigenvalue weighted by Gasteiger charge is -2.20. The monoisotopic (exact) mass is 343 g/mol. The highest BCUT2D eigenvalue weighted by atomic mass is 35.5. The van der Waals surface area contributed by atoms with E-state index in [4.69, 9.17) is 11.6 Å². The van der Waals surface area contributed by atoms with Gasteiger partial charge in [0, 0.05) is 17.6 Å². The van der Waals surface area contributed by atoms with Gasteiger partial charge in [-0.2, -0.15) is 5.10 Å². The summed E-state index contributed by atoms with van der Waals surface area (Å²) in [4.78, 5) is 12.3. The van der Waals surface area contributed by atoms with Crippen LogP contribution in [0, 0.1) is 17.8 Å². The van der Waals surface area contributed by atoms with E-state index in [1.54, 1.807) is 10.9 Å². The predicted octanol–water partition coefficient (Wildman–Crippen LogP) is 4.35. The van der Waals surface area contributed by atoms with Crippen molar-refractivity contribution < 1.29 is 4.79 Å². The Bertz CT molecular complexity index is 742. The molecule has 0 spiro atoms. The van der Waals surface area contributed by atoms with E-state index in [0.29, 0.717) is 18.9 Å². The van der Waals surface area contributed by atoms with Crippen molar-refractivity contribution in [1.29, 1.82) is 0 Å². The number of carbonyl (C=O) groups excluding carboxylic acids is 1. The summed E-state index contributed by atoms with van der Waals surface area (Å²) in [5.41, 5.74) is 1.78. The Kier molecular flexibility index (Phi) is 4.31. The number of anilines is 1. The first kappa shape index (κ1) is 15.7.